The predicted molar refractivity (Wildman–Crippen MR) is 90.1 cm³/mol. The topological polar surface area (TPSA) is 82.6 Å². The molecule has 0 fully saturated rings. The van der Waals surface area contributed by atoms with E-state index in [4.69, 9.17) is 4.74 Å². The molecule has 3 aromatic rings. The molecule has 0 saturated carbocycles. The number of methoxy groups -OCH3 is 1. The van der Waals surface area contributed by atoms with Crippen molar-refractivity contribution in [2.45, 2.75) is 33.0 Å². The molecule has 0 radical (unpaired) electrons. The third-order valence-electron chi connectivity index (χ3n) is 3.74. The standard InChI is InChI=1S/C16H21N5O3/c1-11(2)17-14(22)10-20-16(23)21-13-7-5-4-6-12(13)19(8-9-24-3)15(21)18-20/h4-7,11H,8-10H2,1-3H3,(H,17,22). The average molecular weight is 331 g/mol. The van der Waals surface area contributed by atoms with E-state index in [1.807, 2.05) is 42.7 Å². The maximum Gasteiger partial charge on any atom is 0.352 e. The maximum absolute atomic E-state index is 12.7. The fourth-order valence-electron chi connectivity index (χ4n) is 2.78. The second-order valence-electron chi connectivity index (χ2n) is 5.93. The molecule has 0 aliphatic rings. The summed E-state index contributed by atoms with van der Waals surface area (Å²) in [4.78, 5) is 24.6. The zero-order valence-electron chi connectivity index (χ0n) is 14.0. The molecule has 1 aromatic carbocycles. The van der Waals surface area contributed by atoms with Gasteiger partial charge in [0.15, 0.2) is 0 Å². The van der Waals surface area contributed by atoms with Gasteiger partial charge >= 0.3 is 5.69 Å². The van der Waals surface area contributed by atoms with Crippen LogP contribution in [0.15, 0.2) is 29.1 Å². The summed E-state index contributed by atoms with van der Waals surface area (Å²) in [7, 11) is 1.63. The molecule has 1 amide bonds. The zero-order chi connectivity index (χ0) is 17.3. The molecule has 0 unspecified atom stereocenters. The zero-order valence-corrected chi connectivity index (χ0v) is 14.0. The molecule has 0 spiro atoms. The predicted octanol–water partition coefficient (Wildman–Crippen LogP) is 0.622. The van der Waals surface area contributed by atoms with Crippen molar-refractivity contribution in [3.05, 3.63) is 34.7 Å². The Morgan fingerprint density at radius 3 is 2.67 bits per heavy atom. The molecule has 0 saturated heterocycles. The highest BCUT2D eigenvalue weighted by atomic mass is 16.5. The van der Waals surface area contributed by atoms with Gasteiger partial charge in [-0.3, -0.25) is 4.79 Å². The first-order chi connectivity index (χ1) is 11.5. The second-order valence-corrected chi connectivity index (χ2v) is 5.93. The second kappa shape index (κ2) is 6.48. The number of nitrogens with one attached hydrogen (secondary N) is 1. The number of carbonyl (C=O) groups is 1. The van der Waals surface area contributed by atoms with Crippen molar-refractivity contribution in [1.82, 2.24) is 24.1 Å². The minimum atomic E-state index is -0.323. The number of ether oxygens (including phenoxy) is 1. The van der Waals surface area contributed by atoms with Gasteiger partial charge in [0, 0.05) is 19.7 Å². The number of amides is 1. The number of carbonyl (C=O) groups excluding carboxylic acids is 1. The largest absolute Gasteiger partial charge is 0.383 e. The Hall–Kier alpha value is -2.61. The molecular formula is C16H21N5O3. The van der Waals surface area contributed by atoms with E-state index in [9.17, 15) is 9.59 Å². The SMILES string of the molecule is COCCn1c2ccccc2n2c(=O)n(CC(=O)NC(C)C)nc12. The molecule has 0 bridgehead atoms. The first-order valence-electron chi connectivity index (χ1n) is 7.88. The molecule has 8 nitrogen and oxygen atoms in total. The third-order valence-corrected chi connectivity index (χ3v) is 3.74. The monoisotopic (exact) mass is 331 g/mol. The van der Waals surface area contributed by atoms with E-state index in [0.29, 0.717) is 18.9 Å². The van der Waals surface area contributed by atoms with Crippen molar-refractivity contribution in [3.8, 4) is 0 Å². The molecular weight excluding hydrogens is 310 g/mol. The molecule has 24 heavy (non-hydrogen) atoms. The van der Waals surface area contributed by atoms with Crippen LogP contribution in [0.5, 0.6) is 0 Å². The van der Waals surface area contributed by atoms with Crippen LogP contribution >= 0.6 is 0 Å². The van der Waals surface area contributed by atoms with E-state index in [2.05, 4.69) is 10.4 Å². The maximum atomic E-state index is 12.7. The smallest absolute Gasteiger partial charge is 0.352 e. The highest BCUT2D eigenvalue weighted by Crippen LogP contribution is 2.18. The van der Waals surface area contributed by atoms with E-state index < -0.39 is 0 Å². The molecule has 128 valence electrons. The van der Waals surface area contributed by atoms with Gasteiger partial charge in [-0.15, -0.1) is 5.10 Å². The average Bonchev–Trinajstić information content (AvgIpc) is 3.00. The van der Waals surface area contributed by atoms with Crippen LogP contribution < -0.4 is 11.0 Å². The van der Waals surface area contributed by atoms with E-state index in [0.717, 1.165) is 11.0 Å². The van der Waals surface area contributed by atoms with E-state index in [1.165, 1.54) is 9.08 Å². The lowest BCUT2D eigenvalue weighted by atomic mass is 10.3. The lowest BCUT2D eigenvalue weighted by Gasteiger charge is -2.07. The first-order valence-corrected chi connectivity index (χ1v) is 7.88. The van der Waals surface area contributed by atoms with Crippen LogP contribution in [0.3, 0.4) is 0 Å². The highest BCUT2D eigenvalue weighted by Gasteiger charge is 2.18. The van der Waals surface area contributed by atoms with Gasteiger partial charge in [-0.2, -0.15) is 0 Å². The quantitative estimate of drug-likeness (QED) is 0.718. The molecule has 0 aliphatic carbocycles. The normalized spacial score (nSPS) is 11.7. The van der Waals surface area contributed by atoms with Gasteiger partial charge in [-0.25, -0.2) is 13.9 Å². The Morgan fingerprint density at radius 2 is 2.00 bits per heavy atom. The van der Waals surface area contributed by atoms with Crippen molar-refractivity contribution >= 4 is 22.7 Å². The number of nitrogens with zero attached hydrogens (tertiary/aromatic N) is 4. The fraction of sp³-hybridized carbons (Fsp3) is 0.438. The Kier molecular flexibility index (Phi) is 4.39. The highest BCUT2D eigenvalue weighted by molar-refractivity contribution is 5.81. The Labute approximate surface area is 138 Å². The number of rotatable bonds is 6. The summed E-state index contributed by atoms with van der Waals surface area (Å²) in [5, 5.41) is 7.13. The summed E-state index contributed by atoms with van der Waals surface area (Å²) in [5.74, 6) is 0.274. The van der Waals surface area contributed by atoms with Crippen LogP contribution in [0.4, 0.5) is 0 Å². The molecule has 2 heterocycles. The molecule has 0 aliphatic heterocycles. The van der Waals surface area contributed by atoms with Gasteiger partial charge in [-0.05, 0) is 26.0 Å². The van der Waals surface area contributed by atoms with Crippen molar-refractivity contribution in [2.24, 2.45) is 0 Å². The molecule has 0 atom stereocenters. The van der Waals surface area contributed by atoms with Crippen LogP contribution in [0.1, 0.15) is 13.8 Å². The molecule has 8 heteroatoms. The van der Waals surface area contributed by atoms with Gasteiger partial charge in [-0.1, -0.05) is 12.1 Å². The third kappa shape index (κ3) is 2.80. The van der Waals surface area contributed by atoms with Gasteiger partial charge < -0.3 is 14.6 Å². The Morgan fingerprint density at radius 1 is 1.29 bits per heavy atom. The number of aromatic nitrogens is 4. The van der Waals surface area contributed by atoms with Gasteiger partial charge in [0.25, 0.3) is 0 Å². The van der Waals surface area contributed by atoms with E-state index in [1.54, 1.807) is 7.11 Å². The van der Waals surface area contributed by atoms with Gasteiger partial charge in [0.2, 0.25) is 11.7 Å². The van der Waals surface area contributed by atoms with E-state index in [-0.39, 0.29) is 24.2 Å². The molecule has 1 N–H and O–H groups in total. The summed E-state index contributed by atoms with van der Waals surface area (Å²) < 4.78 is 9.81. The number of hydrogen-bond acceptors (Lipinski definition) is 4. The summed E-state index contributed by atoms with van der Waals surface area (Å²) in [6, 6.07) is 7.61. The fourth-order valence-corrected chi connectivity index (χ4v) is 2.78. The van der Waals surface area contributed by atoms with Crippen molar-refractivity contribution in [3.63, 3.8) is 0 Å². The van der Waals surface area contributed by atoms with Crippen LogP contribution in [-0.2, 0) is 22.6 Å². The number of hydrogen-bond donors (Lipinski definition) is 1. The van der Waals surface area contributed by atoms with Gasteiger partial charge in [0.05, 0.1) is 17.6 Å². The summed E-state index contributed by atoms with van der Waals surface area (Å²) in [5.41, 5.74) is 1.35. The van der Waals surface area contributed by atoms with Gasteiger partial charge in [0.1, 0.15) is 6.54 Å². The number of para-hydroxylation sites is 2. The van der Waals surface area contributed by atoms with Crippen LogP contribution in [0.25, 0.3) is 16.8 Å². The van der Waals surface area contributed by atoms with E-state index >= 15 is 0 Å². The first kappa shape index (κ1) is 16.3. The minimum absolute atomic E-state index is 0.0154. The molecule has 2 aromatic heterocycles. The number of imidazole rings is 1. The lowest BCUT2D eigenvalue weighted by molar-refractivity contribution is -0.122. The minimum Gasteiger partial charge on any atom is -0.383 e. The molecule has 3 rings (SSSR count). The van der Waals surface area contributed by atoms with Crippen molar-refractivity contribution in [1.29, 1.82) is 0 Å². The lowest BCUT2D eigenvalue weighted by Crippen LogP contribution is -2.36. The Bertz CT molecular complexity index is 934. The van der Waals surface area contributed by atoms with Crippen LogP contribution in [0, 0.1) is 0 Å². The summed E-state index contributed by atoms with van der Waals surface area (Å²) >= 11 is 0. The summed E-state index contributed by atoms with van der Waals surface area (Å²) in [6.45, 7) is 4.72. The Balaban J connectivity index is 2.10. The van der Waals surface area contributed by atoms with Crippen LogP contribution in [-0.4, -0.2) is 44.4 Å². The van der Waals surface area contributed by atoms with Crippen LogP contribution in [0.2, 0.25) is 0 Å². The van der Waals surface area contributed by atoms with Crippen molar-refractivity contribution in [2.75, 3.05) is 13.7 Å². The summed E-state index contributed by atoms with van der Waals surface area (Å²) in [6.07, 6.45) is 0. The number of fused-ring (bicyclic) bond motifs is 3. The van der Waals surface area contributed by atoms with Crippen molar-refractivity contribution < 1.29 is 9.53 Å². The number of benzene rings is 1.